The highest BCUT2D eigenvalue weighted by atomic mass is 32.2. The lowest BCUT2D eigenvalue weighted by Crippen LogP contribution is -2.37. The third-order valence-corrected chi connectivity index (χ3v) is 8.54. The molecule has 0 spiro atoms. The number of amides is 1. The number of carbonyl (C=O) groups excluding carboxylic acids is 2. The van der Waals surface area contributed by atoms with Gasteiger partial charge in [-0.15, -0.1) is 0 Å². The molecule has 0 saturated heterocycles. The van der Waals surface area contributed by atoms with Gasteiger partial charge in [0, 0.05) is 10.8 Å². The summed E-state index contributed by atoms with van der Waals surface area (Å²) < 4.78 is 34.6. The van der Waals surface area contributed by atoms with Crippen LogP contribution in [0.2, 0.25) is 0 Å². The molecule has 0 radical (unpaired) electrons. The molecular formula is C34H24N2O5S. The van der Waals surface area contributed by atoms with Crippen LogP contribution in [0.25, 0.3) is 21.8 Å². The van der Waals surface area contributed by atoms with Crippen LogP contribution in [0, 0.1) is 0 Å². The summed E-state index contributed by atoms with van der Waals surface area (Å²) in [6.45, 7) is 0.0872. The Balaban J connectivity index is 1.40. The third-order valence-electron chi connectivity index (χ3n) is 6.82. The summed E-state index contributed by atoms with van der Waals surface area (Å²) in [4.78, 5) is 31.6. The summed E-state index contributed by atoms with van der Waals surface area (Å²) >= 11 is 0. The molecule has 42 heavy (non-hydrogen) atoms. The van der Waals surface area contributed by atoms with E-state index in [4.69, 9.17) is 4.74 Å². The Kier molecular flexibility index (Phi) is 7.21. The summed E-state index contributed by atoms with van der Waals surface area (Å²) in [5.41, 5.74) is 2.57. The van der Waals surface area contributed by atoms with Gasteiger partial charge in [0.1, 0.15) is 6.61 Å². The van der Waals surface area contributed by atoms with Crippen LogP contribution < -0.4 is 4.31 Å². The lowest BCUT2D eigenvalue weighted by molar-refractivity contribution is 0.0472. The van der Waals surface area contributed by atoms with Crippen LogP contribution in [-0.4, -0.2) is 25.3 Å². The Labute approximate surface area is 242 Å². The van der Waals surface area contributed by atoms with E-state index in [1.54, 1.807) is 66.7 Å². The number of nitrogens with zero attached hydrogens (tertiary/aromatic N) is 2. The SMILES string of the molecule is O=C(OCc1ccccc1)c1ccc(S(=O)(=O)N(C(=O)c2c3ccccc3nc3ccccc23)c2ccccc2)cc1. The van der Waals surface area contributed by atoms with Gasteiger partial charge >= 0.3 is 5.97 Å². The minimum atomic E-state index is -4.43. The summed E-state index contributed by atoms with van der Waals surface area (Å²) in [5.74, 6) is -1.31. The number of sulfonamides is 1. The molecule has 6 aromatic rings. The summed E-state index contributed by atoms with van der Waals surface area (Å²) in [6, 6.07) is 37.1. The molecule has 0 unspecified atom stereocenters. The Morgan fingerprint density at radius 3 is 1.76 bits per heavy atom. The molecule has 0 aliphatic rings. The lowest BCUT2D eigenvalue weighted by atomic mass is 10.0. The van der Waals surface area contributed by atoms with Crippen molar-refractivity contribution in [2.24, 2.45) is 0 Å². The van der Waals surface area contributed by atoms with E-state index in [9.17, 15) is 18.0 Å². The maximum absolute atomic E-state index is 14.4. The molecule has 1 amide bonds. The van der Waals surface area contributed by atoms with Gasteiger partial charge in [-0.1, -0.05) is 84.9 Å². The van der Waals surface area contributed by atoms with Crippen LogP contribution in [0.3, 0.4) is 0 Å². The van der Waals surface area contributed by atoms with Gasteiger partial charge in [-0.3, -0.25) is 4.79 Å². The van der Waals surface area contributed by atoms with Crippen LogP contribution >= 0.6 is 0 Å². The van der Waals surface area contributed by atoms with Gasteiger partial charge in [-0.05, 0) is 54.1 Å². The summed E-state index contributed by atoms with van der Waals surface area (Å²) in [5, 5.41) is 1.07. The number of ether oxygens (including phenoxy) is 1. The minimum absolute atomic E-state index is 0.0872. The van der Waals surface area contributed by atoms with Crippen LogP contribution in [0.5, 0.6) is 0 Å². The number of benzene rings is 5. The van der Waals surface area contributed by atoms with Gasteiger partial charge in [-0.2, -0.15) is 4.31 Å². The van der Waals surface area contributed by atoms with Crippen LogP contribution in [0.4, 0.5) is 5.69 Å². The molecule has 0 aliphatic carbocycles. The van der Waals surface area contributed by atoms with Crippen molar-refractivity contribution >= 4 is 49.4 Å². The number of esters is 1. The van der Waals surface area contributed by atoms with Gasteiger partial charge in [0.2, 0.25) is 0 Å². The smallest absolute Gasteiger partial charge is 0.338 e. The maximum Gasteiger partial charge on any atom is 0.338 e. The molecule has 8 heteroatoms. The van der Waals surface area contributed by atoms with Gasteiger partial charge < -0.3 is 4.74 Å². The normalized spacial score (nSPS) is 11.3. The number of anilines is 1. The number of carbonyl (C=O) groups is 2. The molecule has 7 nitrogen and oxygen atoms in total. The first-order valence-corrected chi connectivity index (χ1v) is 14.6. The zero-order chi connectivity index (χ0) is 29.1. The number of aromatic nitrogens is 1. The standard InChI is InChI=1S/C34H24N2O5S/c37-33(32-28-15-7-9-17-30(28)35-31-18-10-8-16-29(31)32)36(26-13-5-2-6-14-26)42(39,40)27-21-19-25(20-22-27)34(38)41-23-24-11-3-1-4-12-24/h1-22H,23H2. The zero-order valence-electron chi connectivity index (χ0n) is 22.3. The lowest BCUT2D eigenvalue weighted by Gasteiger charge is -2.24. The van der Waals surface area contributed by atoms with E-state index in [1.807, 2.05) is 42.5 Å². The molecule has 0 bridgehead atoms. The molecule has 0 atom stereocenters. The third kappa shape index (κ3) is 5.11. The molecule has 6 rings (SSSR count). The second-order valence-corrected chi connectivity index (χ2v) is 11.3. The van der Waals surface area contributed by atoms with Crippen LogP contribution in [0.1, 0.15) is 26.3 Å². The molecule has 0 N–H and O–H groups in total. The van der Waals surface area contributed by atoms with E-state index in [0.717, 1.165) is 9.87 Å². The van der Waals surface area contributed by atoms with Crippen molar-refractivity contribution in [3.05, 3.63) is 150 Å². The van der Waals surface area contributed by atoms with Crippen molar-refractivity contribution in [1.29, 1.82) is 0 Å². The van der Waals surface area contributed by atoms with E-state index in [2.05, 4.69) is 4.98 Å². The Morgan fingerprint density at radius 2 is 1.17 bits per heavy atom. The van der Waals surface area contributed by atoms with Gasteiger partial charge in [0.05, 0.1) is 32.7 Å². The quantitative estimate of drug-likeness (QED) is 0.155. The Bertz CT molecular complexity index is 1970. The monoisotopic (exact) mass is 572 g/mol. The fraction of sp³-hybridized carbons (Fsp3) is 0.0294. The minimum Gasteiger partial charge on any atom is -0.457 e. The van der Waals surface area contributed by atoms with Crippen molar-refractivity contribution in [2.45, 2.75) is 11.5 Å². The van der Waals surface area contributed by atoms with E-state index in [0.29, 0.717) is 21.8 Å². The first-order chi connectivity index (χ1) is 20.4. The number of hydrogen-bond acceptors (Lipinski definition) is 6. The number of pyridine rings is 1. The fourth-order valence-corrected chi connectivity index (χ4v) is 6.17. The predicted molar refractivity (Wildman–Crippen MR) is 162 cm³/mol. The van der Waals surface area contributed by atoms with Crippen LogP contribution in [-0.2, 0) is 21.4 Å². The van der Waals surface area contributed by atoms with E-state index in [-0.39, 0.29) is 28.3 Å². The zero-order valence-corrected chi connectivity index (χ0v) is 23.1. The van der Waals surface area contributed by atoms with Crippen molar-refractivity contribution < 1.29 is 22.7 Å². The molecule has 0 aliphatic heterocycles. The molecule has 1 aromatic heterocycles. The van der Waals surface area contributed by atoms with Crippen molar-refractivity contribution in [2.75, 3.05) is 4.31 Å². The fourth-order valence-electron chi connectivity index (χ4n) is 4.78. The highest BCUT2D eigenvalue weighted by Gasteiger charge is 2.34. The van der Waals surface area contributed by atoms with Gasteiger partial charge in [0.15, 0.2) is 0 Å². The first kappa shape index (κ1) is 26.9. The van der Waals surface area contributed by atoms with E-state index in [1.165, 1.54) is 24.3 Å². The molecule has 5 aromatic carbocycles. The van der Waals surface area contributed by atoms with E-state index >= 15 is 0 Å². The topological polar surface area (TPSA) is 93.6 Å². The second-order valence-electron chi connectivity index (χ2n) is 9.52. The van der Waals surface area contributed by atoms with Crippen molar-refractivity contribution in [1.82, 2.24) is 4.98 Å². The maximum atomic E-state index is 14.4. The number of rotatable bonds is 7. The van der Waals surface area contributed by atoms with Gasteiger partial charge in [0.25, 0.3) is 15.9 Å². The Hall–Kier alpha value is -5.34. The second kappa shape index (κ2) is 11.3. The summed E-state index contributed by atoms with van der Waals surface area (Å²) in [7, 11) is -4.43. The predicted octanol–water partition coefficient (Wildman–Crippen LogP) is 6.78. The molecule has 1 heterocycles. The van der Waals surface area contributed by atoms with Gasteiger partial charge in [-0.25, -0.2) is 18.2 Å². The first-order valence-electron chi connectivity index (χ1n) is 13.2. The molecule has 0 saturated carbocycles. The van der Waals surface area contributed by atoms with Crippen molar-refractivity contribution in [3.63, 3.8) is 0 Å². The number of hydrogen-bond donors (Lipinski definition) is 0. The largest absolute Gasteiger partial charge is 0.457 e. The van der Waals surface area contributed by atoms with Crippen LogP contribution in [0.15, 0.2) is 138 Å². The average molecular weight is 573 g/mol. The number of fused-ring (bicyclic) bond motifs is 2. The Morgan fingerprint density at radius 1 is 0.643 bits per heavy atom. The number of para-hydroxylation sites is 3. The van der Waals surface area contributed by atoms with E-state index < -0.39 is 21.9 Å². The molecular weight excluding hydrogens is 548 g/mol. The highest BCUT2D eigenvalue weighted by Crippen LogP contribution is 2.32. The average Bonchev–Trinajstić information content (AvgIpc) is 3.03. The molecule has 206 valence electrons. The highest BCUT2D eigenvalue weighted by molar-refractivity contribution is 7.93. The molecule has 0 fully saturated rings. The summed E-state index contributed by atoms with van der Waals surface area (Å²) in [6.07, 6.45) is 0. The van der Waals surface area contributed by atoms with Crippen molar-refractivity contribution in [3.8, 4) is 0 Å².